The fraction of sp³-hybridized carbons (Fsp3) is 0.167. The van der Waals surface area contributed by atoms with Crippen LogP contribution in [0.5, 0.6) is 5.75 Å². The van der Waals surface area contributed by atoms with Crippen LogP contribution in [0.4, 0.5) is 4.39 Å². The zero-order valence-corrected chi connectivity index (χ0v) is 9.85. The van der Waals surface area contributed by atoms with Crippen molar-refractivity contribution < 1.29 is 19.0 Å². The van der Waals surface area contributed by atoms with Crippen molar-refractivity contribution in [2.45, 2.75) is 0 Å². The van der Waals surface area contributed by atoms with Crippen LogP contribution in [0.25, 0.3) is 11.3 Å². The summed E-state index contributed by atoms with van der Waals surface area (Å²) in [5.41, 5.74) is 0.496. The Balaban J connectivity index is 2.58. The van der Waals surface area contributed by atoms with E-state index in [1.165, 1.54) is 23.9 Å². The molecule has 0 radical (unpaired) electrons. The number of carbonyl (C=O) groups is 1. The normalized spacial score (nSPS) is 10.4. The number of hydrogen-bond acceptors (Lipinski definition) is 3. The van der Waals surface area contributed by atoms with Crippen LogP contribution in [0.15, 0.2) is 24.3 Å². The molecule has 2 aromatic rings. The first-order valence-corrected chi connectivity index (χ1v) is 5.14. The van der Waals surface area contributed by atoms with Crippen LogP contribution in [0.1, 0.15) is 10.5 Å². The molecule has 0 aliphatic rings. The van der Waals surface area contributed by atoms with E-state index in [2.05, 4.69) is 5.10 Å². The average molecular weight is 250 g/mol. The Morgan fingerprint density at radius 3 is 2.78 bits per heavy atom. The Morgan fingerprint density at radius 2 is 2.22 bits per heavy atom. The molecule has 0 bridgehead atoms. The monoisotopic (exact) mass is 250 g/mol. The second kappa shape index (κ2) is 4.48. The lowest BCUT2D eigenvalue weighted by molar-refractivity contribution is 0.0689. The van der Waals surface area contributed by atoms with Crippen molar-refractivity contribution in [1.29, 1.82) is 0 Å². The van der Waals surface area contributed by atoms with Crippen molar-refractivity contribution in [3.8, 4) is 17.0 Å². The molecule has 94 valence electrons. The molecule has 1 aromatic carbocycles. The van der Waals surface area contributed by atoms with Gasteiger partial charge in [0, 0.05) is 12.6 Å². The maximum absolute atomic E-state index is 14.0. The smallest absolute Gasteiger partial charge is 0.356 e. The van der Waals surface area contributed by atoms with E-state index in [1.54, 1.807) is 19.2 Å². The molecule has 6 heteroatoms. The predicted molar refractivity (Wildman–Crippen MR) is 62.1 cm³/mol. The summed E-state index contributed by atoms with van der Waals surface area (Å²) in [5, 5.41) is 12.6. The minimum absolute atomic E-state index is 0.102. The molecule has 0 spiro atoms. The van der Waals surface area contributed by atoms with E-state index in [9.17, 15) is 9.18 Å². The molecular weight excluding hydrogens is 239 g/mol. The zero-order chi connectivity index (χ0) is 13.3. The third-order valence-corrected chi connectivity index (χ3v) is 2.56. The first-order chi connectivity index (χ1) is 8.54. The van der Waals surface area contributed by atoms with E-state index >= 15 is 0 Å². The molecule has 0 aliphatic heterocycles. The SMILES string of the molecule is COc1cccc(-c2cc(C(=O)O)nn2C)c1F. The van der Waals surface area contributed by atoms with Crippen LogP contribution in [-0.2, 0) is 7.05 Å². The molecule has 5 nitrogen and oxygen atoms in total. The van der Waals surface area contributed by atoms with Crippen molar-refractivity contribution in [3.63, 3.8) is 0 Å². The molecule has 1 heterocycles. The number of carboxylic acid groups (broad SMARTS) is 1. The van der Waals surface area contributed by atoms with Gasteiger partial charge in [-0.05, 0) is 18.2 Å². The fourth-order valence-corrected chi connectivity index (χ4v) is 1.69. The molecule has 18 heavy (non-hydrogen) atoms. The molecule has 0 aliphatic carbocycles. The number of methoxy groups -OCH3 is 1. The zero-order valence-electron chi connectivity index (χ0n) is 9.85. The van der Waals surface area contributed by atoms with Crippen LogP contribution in [0.3, 0.4) is 0 Å². The lowest BCUT2D eigenvalue weighted by Gasteiger charge is -2.07. The quantitative estimate of drug-likeness (QED) is 0.904. The number of aryl methyl sites for hydroxylation is 1. The highest BCUT2D eigenvalue weighted by molar-refractivity contribution is 5.87. The molecule has 0 unspecified atom stereocenters. The van der Waals surface area contributed by atoms with Gasteiger partial charge in [0.25, 0.3) is 0 Å². The summed E-state index contributed by atoms with van der Waals surface area (Å²) in [4.78, 5) is 10.8. The number of rotatable bonds is 3. The van der Waals surface area contributed by atoms with E-state index in [0.29, 0.717) is 5.69 Å². The van der Waals surface area contributed by atoms with Crippen molar-refractivity contribution in [1.82, 2.24) is 9.78 Å². The van der Waals surface area contributed by atoms with E-state index in [0.717, 1.165) is 0 Å². The van der Waals surface area contributed by atoms with Crippen molar-refractivity contribution in [2.75, 3.05) is 7.11 Å². The van der Waals surface area contributed by atoms with Gasteiger partial charge in [-0.15, -0.1) is 0 Å². The highest BCUT2D eigenvalue weighted by atomic mass is 19.1. The van der Waals surface area contributed by atoms with E-state index < -0.39 is 11.8 Å². The lowest BCUT2D eigenvalue weighted by Crippen LogP contribution is -2.00. The van der Waals surface area contributed by atoms with Crippen LogP contribution in [0.2, 0.25) is 0 Å². The van der Waals surface area contributed by atoms with Crippen LogP contribution >= 0.6 is 0 Å². The maximum Gasteiger partial charge on any atom is 0.356 e. The fourth-order valence-electron chi connectivity index (χ4n) is 1.69. The molecular formula is C12H11FN2O3. The van der Waals surface area contributed by atoms with Gasteiger partial charge in [-0.2, -0.15) is 5.10 Å². The minimum atomic E-state index is -1.15. The topological polar surface area (TPSA) is 64.3 Å². The van der Waals surface area contributed by atoms with Gasteiger partial charge in [0.1, 0.15) is 0 Å². The molecule has 2 rings (SSSR count). The number of aromatic carboxylic acids is 1. The van der Waals surface area contributed by atoms with Gasteiger partial charge in [-0.3, -0.25) is 4.68 Å². The molecule has 0 atom stereocenters. The lowest BCUT2D eigenvalue weighted by atomic mass is 10.1. The first-order valence-electron chi connectivity index (χ1n) is 5.14. The van der Waals surface area contributed by atoms with Gasteiger partial charge in [0.2, 0.25) is 0 Å². The number of aromatic nitrogens is 2. The summed E-state index contributed by atoms with van der Waals surface area (Å²) in [6.45, 7) is 0. The Bertz CT molecular complexity index is 607. The minimum Gasteiger partial charge on any atom is -0.494 e. The van der Waals surface area contributed by atoms with E-state index in [1.807, 2.05) is 0 Å². The van der Waals surface area contributed by atoms with Crippen LogP contribution in [0, 0.1) is 5.82 Å². The Morgan fingerprint density at radius 1 is 1.50 bits per heavy atom. The third kappa shape index (κ3) is 1.92. The number of nitrogens with zero attached hydrogens (tertiary/aromatic N) is 2. The van der Waals surface area contributed by atoms with Gasteiger partial charge < -0.3 is 9.84 Å². The summed E-state index contributed by atoms with van der Waals surface area (Å²) in [5.74, 6) is -1.59. The van der Waals surface area contributed by atoms with Gasteiger partial charge in [-0.25, -0.2) is 9.18 Å². The number of benzene rings is 1. The summed E-state index contributed by atoms with van der Waals surface area (Å²) >= 11 is 0. The molecule has 0 fully saturated rings. The first kappa shape index (κ1) is 12.1. The highest BCUT2D eigenvalue weighted by Crippen LogP contribution is 2.29. The molecule has 1 aromatic heterocycles. The van der Waals surface area contributed by atoms with Crippen molar-refractivity contribution in [2.24, 2.45) is 7.05 Å². The summed E-state index contributed by atoms with van der Waals surface area (Å²) < 4.78 is 20.2. The Labute approximate surface area is 102 Å². The molecule has 0 saturated carbocycles. The average Bonchev–Trinajstić information content (AvgIpc) is 2.72. The van der Waals surface area contributed by atoms with E-state index in [4.69, 9.17) is 9.84 Å². The third-order valence-electron chi connectivity index (χ3n) is 2.56. The number of halogens is 1. The maximum atomic E-state index is 14.0. The number of hydrogen-bond donors (Lipinski definition) is 1. The second-order valence-electron chi connectivity index (χ2n) is 3.67. The standard InChI is InChI=1S/C12H11FN2O3/c1-15-9(6-8(14-15)12(16)17)7-4-3-5-10(18-2)11(7)13/h3-6H,1-2H3,(H,16,17). The highest BCUT2D eigenvalue weighted by Gasteiger charge is 2.17. The summed E-state index contributed by atoms with van der Waals surface area (Å²) in [6.07, 6.45) is 0. The summed E-state index contributed by atoms with van der Waals surface area (Å²) in [6, 6.07) is 5.98. The predicted octanol–water partition coefficient (Wildman–Crippen LogP) is 1.93. The van der Waals surface area contributed by atoms with Gasteiger partial charge in [0.05, 0.1) is 12.8 Å². The van der Waals surface area contributed by atoms with Crippen molar-refractivity contribution in [3.05, 3.63) is 35.8 Å². The van der Waals surface area contributed by atoms with Gasteiger partial charge in [-0.1, -0.05) is 6.07 Å². The molecule has 0 saturated heterocycles. The summed E-state index contributed by atoms with van der Waals surface area (Å²) in [7, 11) is 2.93. The number of ether oxygens (including phenoxy) is 1. The molecule has 1 N–H and O–H groups in total. The van der Waals surface area contributed by atoms with Gasteiger partial charge in [0.15, 0.2) is 17.3 Å². The Kier molecular flexibility index (Phi) is 3.01. The number of carboxylic acids is 1. The Hall–Kier alpha value is -2.37. The van der Waals surface area contributed by atoms with E-state index in [-0.39, 0.29) is 17.0 Å². The van der Waals surface area contributed by atoms with Crippen LogP contribution < -0.4 is 4.74 Å². The van der Waals surface area contributed by atoms with Crippen LogP contribution in [-0.4, -0.2) is 28.0 Å². The molecule has 0 amide bonds. The van der Waals surface area contributed by atoms with Gasteiger partial charge >= 0.3 is 5.97 Å². The largest absolute Gasteiger partial charge is 0.494 e. The second-order valence-corrected chi connectivity index (χ2v) is 3.67. The van der Waals surface area contributed by atoms with Crippen molar-refractivity contribution >= 4 is 5.97 Å².